The number of furan rings is 1. The Kier molecular flexibility index (Phi) is 5.02. The minimum atomic E-state index is -0.0603. The summed E-state index contributed by atoms with van der Waals surface area (Å²) >= 11 is 6.13. The van der Waals surface area contributed by atoms with Gasteiger partial charge in [0.25, 0.3) is 0 Å². The fourth-order valence-corrected chi connectivity index (χ4v) is 2.16. The zero-order chi connectivity index (χ0) is 13.7. The Morgan fingerprint density at radius 3 is 2.63 bits per heavy atom. The van der Waals surface area contributed by atoms with Gasteiger partial charge in [0.1, 0.15) is 18.1 Å². The number of hydrogen-bond acceptors (Lipinski definition) is 3. The summed E-state index contributed by atoms with van der Waals surface area (Å²) in [5.74, 6) is 1.42. The van der Waals surface area contributed by atoms with Crippen molar-refractivity contribution in [1.82, 2.24) is 5.32 Å². The van der Waals surface area contributed by atoms with Crippen LogP contribution in [0.2, 0.25) is 5.02 Å². The topological polar surface area (TPSA) is 45.4 Å². The van der Waals surface area contributed by atoms with Crippen molar-refractivity contribution in [3.8, 4) is 0 Å². The Hall–Kier alpha value is -1.29. The average molecular weight is 280 g/mol. The van der Waals surface area contributed by atoms with Crippen LogP contribution in [0.1, 0.15) is 24.0 Å². The van der Waals surface area contributed by atoms with Crippen molar-refractivity contribution < 1.29 is 9.52 Å². The highest BCUT2D eigenvalue weighted by atomic mass is 35.5. The van der Waals surface area contributed by atoms with Gasteiger partial charge in [-0.25, -0.2) is 0 Å². The third-order valence-electron chi connectivity index (χ3n) is 2.98. The molecule has 1 aromatic carbocycles. The molecule has 1 unspecified atom stereocenters. The molecule has 1 aromatic heterocycles. The van der Waals surface area contributed by atoms with Crippen LogP contribution >= 0.6 is 11.6 Å². The molecule has 2 N–H and O–H groups in total. The Morgan fingerprint density at radius 2 is 1.95 bits per heavy atom. The number of aliphatic hydroxyl groups is 1. The second kappa shape index (κ2) is 6.75. The van der Waals surface area contributed by atoms with Gasteiger partial charge >= 0.3 is 0 Å². The molecular weight excluding hydrogens is 262 g/mol. The van der Waals surface area contributed by atoms with Gasteiger partial charge in [0.15, 0.2) is 0 Å². The predicted octanol–water partition coefficient (Wildman–Crippen LogP) is 3.15. The maximum absolute atomic E-state index is 8.92. The number of hydrogen-bond donors (Lipinski definition) is 2. The molecule has 19 heavy (non-hydrogen) atoms. The van der Waals surface area contributed by atoms with Crippen LogP contribution in [-0.2, 0) is 19.6 Å². The van der Waals surface area contributed by atoms with E-state index in [1.54, 1.807) is 6.07 Å². The number of halogens is 1. The largest absolute Gasteiger partial charge is 0.462 e. The molecule has 0 aliphatic carbocycles. The van der Waals surface area contributed by atoms with Crippen molar-refractivity contribution in [3.63, 3.8) is 0 Å². The van der Waals surface area contributed by atoms with Crippen LogP contribution in [0.5, 0.6) is 0 Å². The van der Waals surface area contributed by atoms with Crippen LogP contribution in [0.3, 0.4) is 0 Å². The molecule has 0 fully saturated rings. The molecule has 102 valence electrons. The van der Waals surface area contributed by atoms with E-state index in [2.05, 4.69) is 12.2 Å². The van der Waals surface area contributed by atoms with E-state index in [0.29, 0.717) is 18.3 Å². The zero-order valence-corrected chi connectivity index (χ0v) is 11.7. The summed E-state index contributed by atoms with van der Waals surface area (Å²) in [6, 6.07) is 11.8. The number of benzene rings is 1. The lowest BCUT2D eigenvalue weighted by Crippen LogP contribution is -2.27. The van der Waals surface area contributed by atoms with Gasteiger partial charge in [0.2, 0.25) is 0 Å². The van der Waals surface area contributed by atoms with Crippen molar-refractivity contribution in [1.29, 1.82) is 0 Å². The molecule has 0 aliphatic heterocycles. The second-order valence-electron chi connectivity index (χ2n) is 4.60. The first-order valence-electron chi connectivity index (χ1n) is 6.34. The highest BCUT2D eigenvalue weighted by Crippen LogP contribution is 2.16. The standard InChI is InChI=1S/C15H18ClNO2/c1-11(8-12-4-2-3-5-15(12)16)17-9-13-6-7-14(10-18)19-13/h2-7,11,17-18H,8-10H2,1H3. The SMILES string of the molecule is CC(Cc1ccccc1Cl)NCc1ccc(CO)o1. The molecule has 0 bridgehead atoms. The molecular formula is C15H18ClNO2. The molecule has 0 amide bonds. The van der Waals surface area contributed by atoms with Crippen LogP contribution in [0.25, 0.3) is 0 Å². The molecule has 3 nitrogen and oxygen atoms in total. The monoisotopic (exact) mass is 279 g/mol. The normalized spacial score (nSPS) is 12.6. The molecule has 0 aliphatic rings. The molecule has 0 saturated carbocycles. The van der Waals surface area contributed by atoms with Gasteiger partial charge in [-0.2, -0.15) is 0 Å². The van der Waals surface area contributed by atoms with Gasteiger partial charge in [-0.3, -0.25) is 0 Å². The van der Waals surface area contributed by atoms with E-state index in [0.717, 1.165) is 22.8 Å². The second-order valence-corrected chi connectivity index (χ2v) is 5.01. The van der Waals surface area contributed by atoms with Crippen molar-refractivity contribution in [2.24, 2.45) is 0 Å². The molecule has 0 radical (unpaired) electrons. The Bertz CT molecular complexity index is 524. The Balaban J connectivity index is 1.84. The first kappa shape index (κ1) is 14.1. The maximum Gasteiger partial charge on any atom is 0.129 e. The van der Waals surface area contributed by atoms with Crippen LogP contribution in [0.15, 0.2) is 40.8 Å². The molecule has 4 heteroatoms. The molecule has 0 saturated heterocycles. The van der Waals surface area contributed by atoms with Crippen LogP contribution in [0, 0.1) is 0 Å². The highest BCUT2D eigenvalue weighted by Gasteiger charge is 2.07. The lowest BCUT2D eigenvalue weighted by molar-refractivity contribution is 0.242. The quantitative estimate of drug-likeness (QED) is 0.854. The molecule has 2 aromatic rings. The van der Waals surface area contributed by atoms with E-state index in [-0.39, 0.29) is 6.61 Å². The summed E-state index contributed by atoms with van der Waals surface area (Å²) in [5.41, 5.74) is 1.14. The average Bonchev–Trinajstić information content (AvgIpc) is 2.87. The van der Waals surface area contributed by atoms with E-state index in [4.69, 9.17) is 21.1 Å². The van der Waals surface area contributed by atoms with E-state index >= 15 is 0 Å². The Labute approximate surface area is 118 Å². The van der Waals surface area contributed by atoms with E-state index in [9.17, 15) is 0 Å². The lowest BCUT2D eigenvalue weighted by Gasteiger charge is -2.13. The summed E-state index contributed by atoms with van der Waals surface area (Å²) in [4.78, 5) is 0. The molecule has 2 rings (SSSR count). The van der Waals surface area contributed by atoms with E-state index in [1.807, 2.05) is 30.3 Å². The number of nitrogens with one attached hydrogen (secondary N) is 1. The van der Waals surface area contributed by atoms with Crippen LogP contribution in [-0.4, -0.2) is 11.1 Å². The third kappa shape index (κ3) is 4.10. The van der Waals surface area contributed by atoms with Crippen molar-refractivity contribution in [2.45, 2.75) is 32.5 Å². The van der Waals surface area contributed by atoms with Gasteiger partial charge < -0.3 is 14.8 Å². The summed E-state index contributed by atoms with van der Waals surface area (Å²) < 4.78 is 5.42. The maximum atomic E-state index is 8.92. The van der Waals surface area contributed by atoms with Crippen LogP contribution < -0.4 is 5.32 Å². The Morgan fingerprint density at radius 1 is 1.21 bits per heavy atom. The van der Waals surface area contributed by atoms with Gasteiger partial charge in [0.05, 0.1) is 6.54 Å². The summed E-state index contributed by atoms with van der Waals surface area (Å²) in [6.45, 7) is 2.69. The van der Waals surface area contributed by atoms with Crippen molar-refractivity contribution >= 4 is 11.6 Å². The van der Waals surface area contributed by atoms with E-state index in [1.165, 1.54) is 0 Å². The first-order chi connectivity index (χ1) is 9.19. The van der Waals surface area contributed by atoms with Crippen LogP contribution in [0.4, 0.5) is 0 Å². The minimum Gasteiger partial charge on any atom is -0.462 e. The summed E-state index contributed by atoms with van der Waals surface area (Å²) in [7, 11) is 0. The smallest absolute Gasteiger partial charge is 0.129 e. The lowest BCUT2D eigenvalue weighted by atomic mass is 10.1. The highest BCUT2D eigenvalue weighted by molar-refractivity contribution is 6.31. The first-order valence-corrected chi connectivity index (χ1v) is 6.72. The fourth-order valence-electron chi connectivity index (χ4n) is 1.94. The molecule has 1 atom stereocenters. The minimum absolute atomic E-state index is 0.0603. The number of aliphatic hydroxyl groups excluding tert-OH is 1. The van der Waals surface area contributed by atoms with Crippen molar-refractivity contribution in [3.05, 3.63) is 58.5 Å². The van der Waals surface area contributed by atoms with Gasteiger partial charge in [0, 0.05) is 11.1 Å². The summed E-state index contributed by atoms with van der Waals surface area (Å²) in [5, 5.41) is 13.1. The zero-order valence-electron chi connectivity index (χ0n) is 10.9. The van der Waals surface area contributed by atoms with Gasteiger partial charge in [-0.15, -0.1) is 0 Å². The molecule has 1 heterocycles. The van der Waals surface area contributed by atoms with E-state index < -0.39 is 0 Å². The van der Waals surface area contributed by atoms with Gasteiger partial charge in [-0.1, -0.05) is 29.8 Å². The number of rotatable bonds is 6. The fraction of sp³-hybridized carbons (Fsp3) is 0.333. The van der Waals surface area contributed by atoms with Crippen molar-refractivity contribution in [2.75, 3.05) is 0 Å². The predicted molar refractivity (Wildman–Crippen MR) is 76.1 cm³/mol. The molecule has 0 spiro atoms. The summed E-state index contributed by atoms with van der Waals surface area (Å²) in [6.07, 6.45) is 0.868. The van der Waals surface area contributed by atoms with Gasteiger partial charge in [-0.05, 0) is 37.1 Å². The third-order valence-corrected chi connectivity index (χ3v) is 3.35.